The van der Waals surface area contributed by atoms with Crippen LogP contribution in [0.25, 0.3) is 11.4 Å². The molecule has 0 bridgehead atoms. The largest absolute Gasteiger partial charge is 0.325 e. The average Bonchev–Trinajstić information content (AvgIpc) is 3.33. The minimum absolute atomic E-state index is 0.133. The van der Waals surface area contributed by atoms with E-state index in [1.54, 1.807) is 17.3 Å². The van der Waals surface area contributed by atoms with Crippen LogP contribution >= 0.6 is 11.8 Å². The van der Waals surface area contributed by atoms with Gasteiger partial charge in [0.1, 0.15) is 0 Å². The Kier molecular flexibility index (Phi) is 5.57. The zero-order valence-electron chi connectivity index (χ0n) is 15.9. The predicted octanol–water partition coefficient (Wildman–Crippen LogP) is 2.73. The van der Waals surface area contributed by atoms with Crippen LogP contribution in [-0.4, -0.2) is 43.9 Å². The lowest BCUT2D eigenvalue weighted by atomic mass is 10.2. The summed E-state index contributed by atoms with van der Waals surface area (Å²) in [5.74, 6) is 0.928. The third-order valence-corrected chi connectivity index (χ3v) is 5.64. The second-order valence-corrected chi connectivity index (χ2v) is 7.58. The quantitative estimate of drug-likeness (QED) is 0.631. The molecule has 148 valence electrons. The van der Waals surface area contributed by atoms with Crippen LogP contribution < -0.4 is 10.2 Å². The minimum Gasteiger partial charge on any atom is -0.325 e. The van der Waals surface area contributed by atoms with Crippen LogP contribution in [0, 0.1) is 0 Å². The topological polar surface area (TPSA) is 93.0 Å². The molecule has 1 aliphatic heterocycles. The highest BCUT2D eigenvalue weighted by Gasteiger charge is 2.21. The standard InChI is InChI=1S/C20H20N6O2S/c1-25-19(14-4-2-10-21-12-14)23-24-20(25)29-13-17(27)22-15-6-8-16(9-7-15)26-11-3-5-18(26)28/h2,4,6-10,12H,3,5,11,13H2,1H3,(H,22,27). The third kappa shape index (κ3) is 4.29. The first kappa shape index (κ1) is 19.1. The van der Waals surface area contributed by atoms with Crippen LogP contribution in [0.4, 0.5) is 11.4 Å². The van der Waals surface area contributed by atoms with E-state index >= 15 is 0 Å². The molecule has 9 heteroatoms. The Balaban J connectivity index is 1.34. The lowest BCUT2D eigenvalue weighted by Gasteiger charge is -2.16. The van der Waals surface area contributed by atoms with Crippen molar-refractivity contribution in [2.45, 2.75) is 18.0 Å². The fourth-order valence-electron chi connectivity index (χ4n) is 3.16. The van der Waals surface area contributed by atoms with Gasteiger partial charge in [0.2, 0.25) is 11.8 Å². The molecule has 0 radical (unpaired) electrons. The molecule has 1 aliphatic rings. The Labute approximate surface area is 172 Å². The number of thioether (sulfide) groups is 1. The van der Waals surface area contributed by atoms with Crippen molar-refractivity contribution in [1.82, 2.24) is 19.7 Å². The number of hydrogen-bond donors (Lipinski definition) is 1. The summed E-state index contributed by atoms with van der Waals surface area (Å²) in [7, 11) is 1.86. The number of carbonyl (C=O) groups is 2. The minimum atomic E-state index is -0.133. The van der Waals surface area contributed by atoms with Crippen LogP contribution in [0.3, 0.4) is 0 Å². The van der Waals surface area contributed by atoms with Crippen LogP contribution in [-0.2, 0) is 16.6 Å². The number of nitrogens with zero attached hydrogens (tertiary/aromatic N) is 5. The Morgan fingerprint density at radius 3 is 2.72 bits per heavy atom. The molecular formula is C20H20N6O2S. The first-order chi connectivity index (χ1) is 14.1. The lowest BCUT2D eigenvalue weighted by molar-refractivity contribution is -0.117. The van der Waals surface area contributed by atoms with Gasteiger partial charge in [-0.1, -0.05) is 11.8 Å². The van der Waals surface area contributed by atoms with E-state index in [0.717, 1.165) is 24.2 Å². The second-order valence-electron chi connectivity index (χ2n) is 6.64. The summed E-state index contributed by atoms with van der Waals surface area (Å²) in [5.41, 5.74) is 2.43. The lowest BCUT2D eigenvalue weighted by Crippen LogP contribution is -2.23. The zero-order valence-corrected chi connectivity index (χ0v) is 16.7. The number of anilines is 2. The van der Waals surface area contributed by atoms with Crippen LogP contribution in [0.15, 0.2) is 53.9 Å². The van der Waals surface area contributed by atoms with Crippen LogP contribution in [0.1, 0.15) is 12.8 Å². The molecule has 1 fully saturated rings. The van der Waals surface area contributed by atoms with Crippen LogP contribution in [0.5, 0.6) is 0 Å². The van der Waals surface area contributed by atoms with Gasteiger partial charge in [-0.15, -0.1) is 10.2 Å². The molecule has 1 N–H and O–H groups in total. The van der Waals surface area contributed by atoms with Crippen molar-refractivity contribution in [2.75, 3.05) is 22.5 Å². The molecule has 29 heavy (non-hydrogen) atoms. The Morgan fingerprint density at radius 1 is 1.21 bits per heavy atom. The predicted molar refractivity (Wildman–Crippen MR) is 112 cm³/mol. The maximum Gasteiger partial charge on any atom is 0.234 e. The number of amides is 2. The maximum absolute atomic E-state index is 12.3. The van der Waals surface area contributed by atoms with Crippen molar-refractivity contribution >= 4 is 35.0 Å². The van der Waals surface area contributed by atoms with Gasteiger partial charge in [0, 0.05) is 49.3 Å². The van der Waals surface area contributed by atoms with Crippen molar-refractivity contribution < 1.29 is 9.59 Å². The molecule has 0 saturated carbocycles. The molecule has 0 unspecified atom stereocenters. The van der Waals surface area contributed by atoms with E-state index in [9.17, 15) is 9.59 Å². The first-order valence-corrected chi connectivity index (χ1v) is 10.2. The van der Waals surface area contributed by atoms with Gasteiger partial charge < -0.3 is 14.8 Å². The van der Waals surface area contributed by atoms with Crippen molar-refractivity contribution in [1.29, 1.82) is 0 Å². The molecule has 0 spiro atoms. The molecule has 0 aliphatic carbocycles. The van der Waals surface area contributed by atoms with Crippen molar-refractivity contribution in [3.63, 3.8) is 0 Å². The molecule has 8 nitrogen and oxygen atoms in total. The van der Waals surface area contributed by atoms with Gasteiger partial charge in [-0.25, -0.2) is 0 Å². The monoisotopic (exact) mass is 408 g/mol. The van der Waals surface area contributed by atoms with E-state index in [0.29, 0.717) is 23.1 Å². The molecule has 1 saturated heterocycles. The summed E-state index contributed by atoms with van der Waals surface area (Å²) < 4.78 is 1.84. The van der Waals surface area contributed by atoms with E-state index in [1.807, 2.05) is 48.0 Å². The normalized spacial score (nSPS) is 13.7. The molecular weight excluding hydrogens is 388 g/mol. The number of aromatic nitrogens is 4. The highest BCUT2D eigenvalue weighted by atomic mass is 32.2. The third-order valence-electron chi connectivity index (χ3n) is 4.62. The molecule has 3 aromatic rings. The number of benzene rings is 1. The molecule has 0 atom stereocenters. The smallest absolute Gasteiger partial charge is 0.234 e. The highest BCUT2D eigenvalue weighted by molar-refractivity contribution is 7.99. The highest BCUT2D eigenvalue weighted by Crippen LogP contribution is 2.24. The Bertz CT molecular complexity index is 1020. The fraction of sp³-hybridized carbons (Fsp3) is 0.250. The molecule has 1 aromatic carbocycles. The SMILES string of the molecule is Cn1c(SCC(=O)Nc2ccc(N3CCCC3=O)cc2)nnc1-c1cccnc1. The molecule has 2 aromatic heterocycles. The summed E-state index contributed by atoms with van der Waals surface area (Å²) in [6.07, 6.45) is 4.92. The Morgan fingerprint density at radius 2 is 2.03 bits per heavy atom. The van der Waals surface area contributed by atoms with E-state index < -0.39 is 0 Å². The van der Waals surface area contributed by atoms with E-state index in [-0.39, 0.29) is 17.6 Å². The summed E-state index contributed by atoms with van der Waals surface area (Å²) in [6, 6.07) is 11.1. The van der Waals surface area contributed by atoms with Gasteiger partial charge >= 0.3 is 0 Å². The number of rotatable bonds is 6. The van der Waals surface area contributed by atoms with Gasteiger partial charge in [0.15, 0.2) is 11.0 Å². The number of carbonyl (C=O) groups excluding carboxylic acids is 2. The summed E-state index contributed by atoms with van der Waals surface area (Å²) in [5, 5.41) is 11.9. The molecule has 2 amide bonds. The summed E-state index contributed by atoms with van der Waals surface area (Å²) in [6.45, 7) is 0.750. The fourth-order valence-corrected chi connectivity index (χ4v) is 3.87. The van der Waals surface area contributed by atoms with Crippen LogP contribution in [0.2, 0.25) is 0 Å². The molecule has 3 heterocycles. The number of nitrogens with one attached hydrogen (secondary N) is 1. The maximum atomic E-state index is 12.3. The first-order valence-electron chi connectivity index (χ1n) is 9.25. The zero-order chi connectivity index (χ0) is 20.2. The van der Waals surface area contributed by atoms with Crippen molar-refractivity contribution in [2.24, 2.45) is 7.05 Å². The van der Waals surface area contributed by atoms with Crippen molar-refractivity contribution in [3.8, 4) is 11.4 Å². The average molecular weight is 408 g/mol. The van der Waals surface area contributed by atoms with Crippen molar-refractivity contribution in [3.05, 3.63) is 48.8 Å². The number of hydrogen-bond acceptors (Lipinski definition) is 6. The van der Waals surface area contributed by atoms with Gasteiger partial charge in [0.05, 0.1) is 5.75 Å². The van der Waals surface area contributed by atoms with E-state index in [1.165, 1.54) is 11.8 Å². The number of pyridine rings is 1. The molecule has 4 rings (SSSR count). The summed E-state index contributed by atoms with van der Waals surface area (Å²) in [4.78, 5) is 30.0. The van der Waals surface area contributed by atoms with Gasteiger partial charge in [-0.05, 0) is 42.8 Å². The van der Waals surface area contributed by atoms with E-state index in [4.69, 9.17) is 0 Å². The van der Waals surface area contributed by atoms with Gasteiger partial charge in [0.25, 0.3) is 0 Å². The van der Waals surface area contributed by atoms with E-state index in [2.05, 4.69) is 20.5 Å². The Hall–Kier alpha value is -3.20. The summed E-state index contributed by atoms with van der Waals surface area (Å²) >= 11 is 1.32. The van der Waals surface area contributed by atoms with Gasteiger partial charge in [-0.2, -0.15) is 0 Å². The van der Waals surface area contributed by atoms with Gasteiger partial charge in [-0.3, -0.25) is 14.6 Å². The second kappa shape index (κ2) is 8.44.